The Kier molecular flexibility index (Phi) is 3.44. The maximum absolute atomic E-state index is 10.4. The third kappa shape index (κ3) is 2.80. The number of methoxy groups -OCH3 is 1. The maximum Gasteiger partial charge on any atom is 0.0911 e. The van der Waals surface area contributed by atoms with E-state index in [1.807, 2.05) is 0 Å². The molecule has 0 spiro atoms. The van der Waals surface area contributed by atoms with Gasteiger partial charge in [0.15, 0.2) is 0 Å². The van der Waals surface area contributed by atoms with Gasteiger partial charge in [-0.3, -0.25) is 0 Å². The van der Waals surface area contributed by atoms with Gasteiger partial charge >= 0.3 is 0 Å². The Bertz CT molecular complexity index is 293. The standard InChI is InChI=1S/C12H18O2S/c1-14-9-12(13,10-4-5-10)7-6-11-3-2-8-15-11/h2-3,8,10,13H,4-7,9H2,1H3. The smallest absolute Gasteiger partial charge is 0.0911 e. The van der Waals surface area contributed by atoms with Crippen LogP contribution in [0.25, 0.3) is 0 Å². The Balaban J connectivity index is 1.89. The van der Waals surface area contributed by atoms with E-state index < -0.39 is 5.60 Å². The van der Waals surface area contributed by atoms with Crippen LogP contribution in [0.2, 0.25) is 0 Å². The van der Waals surface area contributed by atoms with Crippen LogP contribution in [0.4, 0.5) is 0 Å². The first-order valence-corrected chi connectivity index (χ1v) is 6.36. The molecule has 1 aliphatic carbocycles. The first-order chi connectivity index (χ1) is 7.24. The average molecular weight is 226 g/mol. The van der Waals surface area contributed by atoms with E-state index in [2.05, 4.69) is 17.5 Å². The minimum absolute atomic E-state index is 0.470. The van der Waals surface area contributed by atoms with Crippen molar-refractivity contribution in [3.8, 4) is 0 Å². The first-order valence-electron chi connectivity index (χ1n) is 5.48. The highest BCUT2D eigenvalue weighted by Crippen LogP contribution is 2.42. The predicted molar refractivity (Wildman–Crippen MR) is 62.2 cm³/mol. The van der Waals surface area contributed by atoms with Crippen LogP contribution >= 0.6 is 11.3 Å². The largest absolute Gasteiger partial charge is 0.387 e. The topological polar surface area (TPSA) is 29.5 Å². The van der Waals surface area contributed by atoms with E-state index in [1.165, 1.54) is 4.88 Å². The Morgan fingerprint density at radius 2 is 2.40 bits per heavy atom. The highest BCUT2D eigenvalue weighted by atomic mass is 32.1. The Labute approximate surface area is 94.9 Å². The number of rotatable bonds is 6. The van der Waals surface area contributed by atoms with E-state index in [4.69, 9.17) is 4.74 Å². The van der Waals surface area contributed by atoms with Gasteiger partial charge in [0.2, 0.25) is 0 Å². The summed E-state index contributed by atoms with van der Waals surface area (Å²) >= 11 is 1.76. The third-order valence-electron chi connectivity index (χ3n) is 3.12. The molecular formula is C12H18O2S. The Morgan fingerprint density at radius 3 is 2.93 bits per heavy atom. The zero-order chi connectivity index (χ0) is 10.7. The number of hydrogen-bond acceptors (Lipinski definition) is 3. The van der Waals surface area contributed by atoms with Gasteiger partial charge < -0.3 is 9.84 Å². The van der Waals surface area contributed by atoms with Crippen LogP contribution in [0.5, 0.6) is 0 Å². The summed E-state index contributed by atoms with van der Waals surface area (Å²) in [5, 5.41) is 12.5. The second-order valence-electron chi connectivity index (χ2n) is 4.39. The Morgan fingerprint density at radius 1 is 1.60 bits per heavy atom. The molecule has 84 valence electrons. The highest BCUT2D eigenvalue weighted by Gasteiger charge is 2.43. The van der Waals surface area contributed by atoms with Gasteiger partial charge in [0.1, 0.15) is 0 Å². The van der Waals surface area contributed by atoms with Crippen molar-refractivity contribution in [1.82, 2.24) is 0 Å². The van der Waals surface area contributed by atoms with Crippen molar-refractivity contribution in [3.05, 3.63) is 22.4 Å². The molecule has 0 bridgehead atoms. The number of hydrogen-bond donors (Lipinski definition) is 1. The van der Waals surface area contributed by atoms with Crippen LogP contribution in [-0.2, 0) is 11.2 Å². The summed E-state index contributed by atoms with van der Waals surface area (Å²) in [7, 11) is 1.67. The lowest BCUT2D eigenvalue weighted by Crippen LogP contribution is -2.37. The molecule has 1 aliphatic rings. The molecule has 1 unspecified atom stereocenters. The summed E-state index contributed by atoms with van der Waals surface area (Å²) in [5.74, 6) is 0.470. The number of thiophene rings is 1. The highest BCUT2D eigenvalue weighted by molar-refractivity contribution is 7.09. The van der Waals surface area contributed by atoms with Crippen molar-refractivity contribution in [2.45, 2.75) is 31.3 Å². The van der Waals surface area contributed by atoms with E-state index in [0.717, 1.165) is 25.7 Å². The fourth-order valence-corrected chi connectivity index (χ4v) is 2.77. The van der Waals surface area contributed by atoms with Gasteiger partial charge in [0.05, 0.1) is 12.2 Å². The zero-order valence-corrected chi connectivity index (χ0v) is 9.93. The first kappa shape index (κ1) is 11.1. The Hall–Kier alpha value is -0.380. The maximum atomic E-state index is 10.4. The van der Waals surface area contributed by atoms with Gasteiger partial charge in [-0.15, -0.1) is 11.3 Å². The van der Waals surface area contributed by atoms with Crippen LogP contribution in [0.15, 0.2) is 17.5 Å². The molecule has 1 atom stereocenters. The molecule has 1 aromatic heterocycles. The van der Waals surface area contributed by atoms with Crippen LogP contribution < -0.4 is 0 Å². The molecule has 15 heavy (non-hydrogen) atoms. The van der Waals surface area contributed by atoms with Crippen LogP contribution in [-0.4, -0.2) is 24.4 Å². The van der Waals surface area contributed by atoms with Crippen molar-refractivity contribution in [3.63, 3.8) is 0 Å². The SMILES string of the molecule is COCC(O)(CCc1cccs1)C1CC1. The third-order valence-corrected chi connectivity index (χ3v) is 4.05. The molecule has 1 heterocycles. The minimum atomic E-state index is -0.585. The van der Waals surface area contributed by atoms with Crippen LogP contribution in [0, 0.1) is 5.92 Å². The molecule has 0 radical (unpaired) electrons. The fraction of sp³-hybridized carbons (Fsp3) is 0.667. The molecule has 2 rings (SSSR count). The van der Waals surface area contributed by atoms with Gasteiger partial charge in [-0.05, 0) is 43.0 Å². The minimum Gasteiger partial charge on any atom is -0.387 e. The average Bonchev–Trinajstić information content (AvgIpc) is 2.95. The summed E-state index contributed by atoms with van der Waals surface area (Å²) in [4.78, 5) is 1.35. The molecule has 0 aromatic carbocycles. The summed E-state index contributed by atoms with van der Waals surface area (Å²) in [6.07, 6.45) is 4.11. The molecule has 0 amide bonds. The van der Waals surface area contributed by atoms with E-state index in [0.29, 0.717) is 12.5 Å². The molecule has 1 N–H and O–H groups in total. The molecule has 0 aliphatic heterocycles. The molecule has 2 nitrogen and oxygen atoms in total. The van der Waals surface area contributed by atoms with Crippen molar-refractivity contribution in [2.24, 2.45) is 5.92 Å². The lowest BCUT2D eigenvalue weighted by atomic mass is 9.92. The molecule has 0 saturated heterocycles. The van der Waals surface area contributed by atoms with E-state index >= 15 is 0 Å². The summed E-state index contributed by atoms with van der Waals surface area (Å²) in [6, 6.07) is 4.19. The van der Waals surface area contributed by atoms with Crippen molar-refractivity contribution in [1.29, 1.82) is 0 Å². The summed E-state index contributed by atoms with van der Waals surface area (Å²) in [5.41, 5.74) is -0.585. The number of aliphatic hydroxyl groups is 1. The summed E-state index contributed by atoms with van der Waals surface area (Å²) in [6.45, 7) is 0.475. The van der Waals surface area contributed by atoms with Gasteiger partial charge in [-0.1, -0.05) is 6.07 Å². The van der Waals surface area contributed by atoms with Gasteiger partial charge in [0, 0.05) is 12.0 Å². The lowest BCUT2D eigenvalue weighted by Gasteiger charge is -2.27. The molecule has 1 fully saturated rings. The second-order valence-corrected chi connectivity index (χ2v) is 5.42. The number of aryl methyl sites for hydroxylation is 1. The zero-order valence-electron chi connectivity index (χ0n) is 9.11. The van der Waals surface area contributed by atoms with Crippen LogP contribution in [0.1, 0.15) is 24.1 Å². The van der Waals surface area contributed by atoms with Gasteiger partial charge in [-0.25, -0.2) is 0 Å². The van der Waals surface area contributed by atoms with Crippen molar-refractivity contribution in [2.75, 3.05) is 13.7 Å². The number of ether oxygens (including phenoxy) is 1. The van der Waals surface area contributed by atoms with Gasteiger partial charge in [-0.2, -0.15) is 0 Å². The summed E-state index contributed by atoms with van der Waals surface area (Å²) < 4.78 is 5.13. The second kappa shape index (κ2) is 4.64. The normalized spacial score (nSPS) is 20.1. The van der Waals surface area contributed by atoms with Crippen LogP contribution in [0.3, 0.4) is 0 Å². The van der Waals surface area contributed by atoms with Gasteiger partial charge in [0.25, 0.3) is 0 Å². The van der Waals surface area contributed by atoms with Crippen molar-refractivity contribution < 1.29 is 9.84 Å². The lowest BCUT2D eigenvalue weighted by molar-refractivity contribution is -0.0534. The van der Waals surface area contributed by atoms with E-state index in [9.17, 15) is 5.11 Å². The quantitative estimate of drug-likeness (QED) is 0.807. The predicted octanol–water partition coefficient (Wildman–Crippen LogP) is 2.47. The van der Waals surface area contributed by atoms with E-state index in [1.54, 1.807) is 18.4 Å². The molecule has 1 aromatic rings. The molecule has 1 saturated carbocycles. The van der Waals surface area contributed by atoms with E-state index in [-0.39, 0.29) is 0 Å². The molecule has 3 heteroatoms. The molecular weight excluding hydrogens is 208 g/mol. The fourth-order valence-electron chi connectivity index (χ4n) is 2.06. The monoisotopic (exact) mass is 226 g/mol. The van der Waals surface area contributed by atoms with Crippen molar-refractivity contribution >= 4 is 11.3 Å².